The van der Waals surface area contributed by atoms with Gasteiger partial charge in [-0.3, -0.25) is 0 Å². The van der Waals surface area contributed by atoms with Crippen LogP contribution in [-0.4, -0.2) is 5.71 Å². The molecule has 2 aromatic carbocycles. The molecule has 3 heteroatoms. The lowest BCUT2D eigenvalue weighted by Crippen LogP contribution is -2.92. The Morgan fingerprint density at radius 2 is 1.26 bits per heavy atom. The standard InChI is InChI=1S/C20H23N3/c21-23-20-16-12-7-13-17(20)19(15-10-5-2-6-11-15)22-18(16)14-8-3-1-4-9-14/h1-6,8-11,16-19,22H,7,12-13,21H2/p+1/t16-,17+,18-,19-/m0/s1. The Labute approximate surface area is 137 Å². The first-order valence-electron chi connectivity index (χ1n) is 8.61. The number of hydrogen-bond donors (Lipinski definition) is 2. The summed E-state index contributed by atoms with van der Waals surface area (Å²) in [5, 5.41) is 6.84. The third kappa shape index (κ3) is 2.55. The average molecular weight is 306 g/mol. The summed E-state index contributed by atoms with van der Waals surface area (Å²) < 4.78 is 0. The maximum absolute atomic E-state index is 5.85. The summed E-state index contributed by atoms with van der Waals surface area (Å²) in [6.07, 6.45) is 3.67. The third-order valence-corrected chi connectivity index (χ3v) is 5.59. The molecule has 1 aliphatic carbocycles. The van der Waals surface area contributed by atoms with E-state index in [9.17, 15) is 0 Å². The van der Waals surface area contributed by atoms with Gasteiger partial charge < -0.3 is 11.2 Å². The predicted molar refractivity (Wildman–Crippen MR) is 92.7 cm³/mol. The van der Waals surface area contributed by atoms with Crippen molar-refractivity contribution in [1.29, 1.82) is 0 Å². The lowest BCUT2D eigenvalue weighted by Gasteiger charge is -2.44. The highest BCUT2D eigenvalue weighted by Gasteiger charge is 2.48. The minimum atomic E-state index is 0.417. The first-order chi connectivity index (χ1) is 11.4. The van der Waals surface area contributed by atoms with Gasteiger partial charge in [0.1, 0.15) is 12.1 Å². The molecule has 0 radical (unpaired) electrons. The second-order valence-corrected chi connectivity index (χ2v) is 6.76. The Morgan fingerprint density at radius 1 is 0.783 bits per heavy atom. The van der Waals surface area contributed by atoms with Crippen LogP contribution in [0.25, 0.3) is 0 Å². The molecule has 0 spiro atoms. The number of hydrogen-bond acceptors (Lipinski definition) is 2. The Bertz CT molecular complexity index is 625. The molecule has 118 valence electrons. The summed E-state index contributed by atoms with van der Waals surface area (Å²) in [5.41, 5.74) is 4.02. The molecule has 2 fully saturated rings. The zero-order chi connectivity index (χ0) is 15.6. The zero-order valence-corrected chi connectivity index (χ0v) is 13.3. The second kappa shape index (κ2) is 6.17. The smallest absolute Gasteiger partial charge is 0.120 e. The normalized spacial score (nSPS) is 31.9. The van der Waals surface area contributed by atoms with Crippen LogP contribution in [0.5, 0.6) is 0 Å². The predicted octanol–water partition coefficient (Wildman–Crippen LogP) is 2.78. The number of nitrogens with zero attached hydrogens (tertiary/aromatic N) is 1. The van der Waals surface area contributed by atoms with E-state index in [4.69, 9.17) is 5.84 Å². The summed E-state index contributed by atoms with van der Waals surface area (Å²) in [7, 11) is 0. The van der Waals surface area contributed by atoms with Gasteiger partial charge in [0.05, 0.1) is 17.5 Å². The van der Waals surface area contributed by atoms with Crippen molar-refractivity contribution in [1.82, 2.24) is 0 Å². The number of fused-ring (bicyclic) bond motifs is 2. The van der Waals surface area contributed by atoms with Crippen LogP contribution in [0.2, 0.25) is 0 Å². The van der Waals surface area contributed by atoms with E-state index in [0.717, 1.165) is 0 Å². The van der Waals surface area contributed by atoms with E-state index < -0.39 is 0 Å². The van der Waals surface area contributed by atoms with Crippen LogP contribution in [0, 0.1) is 11.8 Å². The van der Waals surface area contributed by atoms with E-state index >= 15 is 0 Å². The van der Waals surface area contributed by atoms with Gasteiger partial charge in [0.15, 0.2) is 0 Å². The van der Waals surface area contributed by atoms with Crippen LogP contribution >= 0.6 is 0 Å². The number of hydrazone groups is 1. The first-order valence-corrected chi connectivity index (χ1v) is 8.61. The number of piperidine rings is 1. The molecule has 2 bridgehead atoms. The first kappa shape index (κ1) is 14.5. The van der Waals surface area contributed by atoms with Crippen molar-refractivity contribution in [3.05, 3.63) is 71.8 Å². The topological polar surface area (TPSA) is 55.0 Å². The van der Waals surface area contributed by atoms with Gasteiger partial charge in [-0.05, 0) is 12.8 Å². The van der Waals surface area contributed by atoms with Gasteiger partial charge >= 0.3 is 0 Å². The van der Waals surface area contributed by atoms with Crippen LogP contribution in [0.15, 0.2) is 65.8 Å². The van der Waals surface area contributed by atoms with Crippen LogP contribution in [0.4, 0.5) is 0 Å². The van der Waals surface area contributed by atoms with Crippen molar-refractivity contribution in [3.8, 4) is 0 Å². The Morgan fingerprint density at radius 3 is 1.70 bits per heavy atom. The van der Waals surface area contributed by atoms with E-state index in [1.165, 1.54) is 36.1 Å². The molecule has 4 atom stereocenters. The van der Waals surface area contributed by atoms with Gasteiger partial charge in [-0.25, -0.2) is 0 Å². The Balaban J connectivity index is 1.76. The van der Waals surface area contributed by atoms with Crippen molar-refractivity contribution in [2.45, 2.75) is 31.3 Å². The summed E-state index contributed by atoms with van der Waals surface area (Å²) in [6.45, 7) is 0. The molecule has 2 aromatic rings. The van der Waals surface area contributed by atoms with E-state index in [2.05, 4.69) is 71.1 Å². The average Bonchev–Trinajstić information content (AvgIpc) is 2.63. The number of quaternary nitrogens is 1. The molecule has 1 aliphatic heterocycles. The van der Waals surface area contributed by atoms with Crippen molar-refractivity contribution in [2.24, 2.45) is 22.8 Å². The molecule has 1 saturated heterocycles. The monoisotopic (exact) mass is 306 g/mol. The van der Waals surface area contributed by atoms with E-state index in [1.807, 2.05) is 0 Å². The number of nitrogens with two attached hydrogens (primary N) is 2. The molecule has 0 unspecified atom stereocenters. The zero-order valence-electron chi connectivity index (χ0n) is 13.3. The van der Waals surface area contributed by atoms with Gasteiger partial charge in [0.2, 0.25) is 0 Å². The fourth-order valence-electron chi connectivity index (χ4n) is 4.58. The fourth-order valence-corrected chi connectivity index (χ4v) is 4.58. The minimum Gasteiger partial charge on any atom is -0.333 e. The molecular formula is C20H24N3+. The molecule has 4 rings (SSSR count). The SMILES string of the molecule is NN=C1[C@H]2CCC[C@@H]1[C@H](c1ccccc1)[NH2+][C@H]2c1ccccc1. The molecule has 1 heterocycles. The van der Waals surface area contributed by atoms with Gasteiger partial charge in [-0.15, -0.1) is 0 Å². The van der Waals surface area contributed by atoms with Crippen LogP contribution in [0.3, 0.4) is 0 Å². The highest BCUT2D eigenvalue weighted by Crippen LogP contribution is 2.42. The molecule has 1 saturated carbocycles. The van der Waals surface area contributed by atoms with Gasteiger partial charge in [-0.1, -0.05) is 67.1 Å². The number of rotatable bonds is 2. The Hall–Kier alpha value is -2.13. The highest BCUT2D eigenvalue weighted by molar-refractivity contribution is 5.91. The van der Waals surface area contributed by atoms with Crippen molar-refractivity contribution in [3.63, 3.8) is 0 Å². The maximum atomic E-state index is 5.85. The summed E-state index contributed by atoms with van der Waals surface area (Å²) in [4.78, 5) is 0. The molecule has 23 heavy (non-hydrogen) atoms. The van der Waals surface area contributed by atoms with Crippen molar-refractivity contribution < 1.29 is 5.32 Å². The van der Waals surface area contributed by atoms with Gasteiger partial charge in [-0.2, -0.15) is 5.10 Å². The van der Waals surface area contributed by atoms with E-state index in [1.54, 1.807) is 0 Å². The summed E-state index contributed by atoms with van der Waals surface area (Å²) in [6, 6.07) is 22.5. The number of benzene rings is 2. The summed E-state index contributed by atoms with van der Waals surface area (Å²) >= 11 is 0. The second-order valence-electron chi connectivity index (χ2n) is 6.76. The van der Waals surface area contributed by atoms with Crippen LogP contribution in [-0.2, 0) is 0 Å². The molecule has 0 aromatic heterocycles. The van der Waals surface area contributed by atoms with E-state index in [0.29, 0.717) is 23.9 Å². The van der Waals surface area contributed by atoms with Crippen LogP contribution < -0.4 is 11.2 Å². The molecule has 2 aliphatic rings. The maximum Gasteiger partial charge on any atom is 0.120 e. The van der Waals surface area contributed by atoms with Crippen molar-refractivity contribution >= 4 is 5.71 Å². The minimum absolute atomic E-state index is 0.417. The fraction of sp³-hybridized carbons (Fsp3) is 0.350. The quantitative estimate of drug-likeness (QED) is 0.650. The van der Waals surface area contributed by atoms with E-state index in [-0.39, 0.29) is 0 Å². The lowest BCUT2D eigenvalue weighted by atomic mass is 9.67. The Kier molecular flexibility index (Phi) is 3.88. The lowest BCUT2D eigenvalue weighted by molar-refractivity contribution is -0.749. The van der Waals surface area contributed by atoms with Gasteiger partial charge in [0.25, 0.3) is 0 Å². The molecular weight excluding hydrogens is 282 g/mol. The van der Waals surface area contributed by atoms with Crippen LogP contribution in [0.1, 0.15) is 42.5 Å². The third-order valence-electron chi connectivity index (χ3n) is 5.59. The van der Waals surface area contributed by atoms with Crippen molar-refractivity contribution in [2.75, 3.05) is 0 Å². The summed E-state index contributed by atoms with van der Waals surface area (Å²) in [5.74, 6) is 6.79. The molecule has 3 nitrogen and oxygen atoms in total. The van der Waals surface area contributed by atoms with Gasteiger partial charge in [0, 0.05) is 11.1 Å². The molecule has 0 amide bonds. The largest absolute Gasteiger partial charge is 0.333 e. The molecule has 4 N–H and O–H groups in total. The highest BCUT2D eigenvalue weighted by atomic mass is 15.1.